The molecule has 0 saturated heterocycles. The third kappa shape index (κ3) is 4.63. The van der Waals surface area contributed by atoms with Gasteiger partial charge in [0.1, 0.15) is 23.5 Å². The van der Waals surface area contributed by atoms with Crippen molar-refractivity contribution in [2.24, 2.45) is 5.41 Å². The lowest BCUT2D eigenvalue weighted by molar-refractivity contribution is 0.0183. The number of hydrogen-bond acceptors (Lipinski definition) is 11. The molecule has 17 heteroatoms. The first-order valence-corrected chi connectivity index (χ1v) is 13.7. The van der Waals surface area contributed by atoms with Crippen molar-refractivity contribution >= 4 is 27.6 Å². The van der Waals surface area contributed by atoms with Crippen LogP contribution in [0.15, 0.2) is 18.7 Å². The van der Waals surface area contributed by atoms with Gasteiger partial charge in [-0.2, -0.15) is 9.97 Å². The first-order chi connectivity index (χ1) is 18.5. The lowest BCUT2D eigenvalue weighted by Gasteiger charge is -2.35. The average Bonchev–Trinajstić information content (AvgIpc) is 3.27. The lowest BCUT2D eigenvalue weighted by Crippen LogP contribution is -2.34. The van der Waals surface area contributed by atoms with Crippen LogP contribution in [-0.4, -0.2) is 75.6 Å². The van der Waals surface area contributed by atoms with Crippen LogP contribution in [0.1, 0.15) is 49.9 Å². The van der Waals surface area contributed by atoms with Gasteiger partial charge in [-0.1, -0.05) is 11.6 Å². The second kappa shape index (κ2) is 9.75. The molecule has 2 fully saturated rings. The number of hydrogen-bond donors (Lipinski definition) is 1. The highest BCUT2D eigenvalue weighted by molar-refractivity contribution is 7.93. The molecule has 13 nitrogen and oxygen atoms in total. The van der Waals surface area contributed by atoms with Crippen LogP contribution >= 0.6 is 11.6 Å². The molecule has 2 aliphatic carbocycles. The quantitative estimate of drug-likeness (QED) is 0.372. The van der Waals surface area contributed by atoms with Gasteiger partial charge in [0.15, 0.2) is 11.5 Å². The summed E-state index contributed by atoms with van der Waals surface area (Å²) < 4.78 is 74.9. The fourth-order valence-electron chi connectivity index (χ4n) is 4.93. The molecule has 0 aromatic carbocycles. The number of ether oxygens (including phenoxy) is 3. The Kier molecular flexibility index (Phi) is 6.83. The fraction of sp³-hybridized carbons (Fsp3) is 0.545. The van der Waals surface area contributed by atoms with Gasteiger partial charge in [-0.3, -0.25) is 9.29 Å². The minimum absolute atomic E-state index is 0.0338. The molecule has 3 heterocycles. The SMILES string of the molecule is COc1ncnc(OC)c1-n1c(NS(=O)(=O)[C@@H](C)[C@H](OC)c2ncc(Cl)cn2)nnc1[C@H]1C[C@@]2(CC2(F)F)C1. The maximum absolute atomic E-state index is 13.9. The van der Waals surface area contributed by atoms with Crippen LogP contribution in [0.3, 0.4) is 0 Å². The van der Waals surface area contributed by atoms with E-state index in [2.05, 4.69) is 34.9 Å². The van der Waals surface area contributed by atoms with Crippen molar-refractivity contribution in [1.29, 1.82) is 0 Å². The van der Waals surface area contributed by atoms with E-state index in [-0.39, 0.29) is 59.3 Å². The largest absolute Gasteiger partial charge is 0.479 e. The number of methoxy groups -OCH3 is 3. The first-order valence-electron chi connectivity index (χ1n) is 11.8. The van der Waals surface area contributed by atoms with Crippen molar-refractivity contribution in [3.63, 3.8) is 0 Å². The standard InChI is InChI=1S/C22H25ClF2N8O5S/c1-11(15(36-2)16-26-7-13(23)8-27-16)39(34,35)32-20-31-30-17(12-5-21(6-12)9-22(21,24)25)33(20)14-18(37-3)28-10-29-19(14)38-4/h7-8,10-12,15H,5-6,9H2,1-4H3,(H,31,32)/t11-,12-,15-,21-/m0/s1. The van der Waals surface area contributed by atoms with Gasteiger partial charge in [0.25, 0.3) is 5.92 Å². The third-order valence-corrected chi connectivity index (χ3v) is 9.09. The smallest absolute Gasteiger partial charge is 0.254 e. The van der Waals surface area contributed by atoms with Gasteiger partial charge in [0, 0.05) is 37.3 Å². The first kappa shape index (κ1) is 27.3. The Morgan fingerprint density at radius 1 is 1.08 bits per heavy atom. The molecule has 2 saturated carbocycles. The Morgan fingerprint density at radius 3 is 2.18 bits per heavy atom. The molecule has 1 N–H and O–H groups in total. The van der Waals surface area contributed by atoms with Crippen molar-refractivity contribution < 1.29 is 31.4 Å². The fourth-order valence-corrected chi connectivity index (χ4v) is 6.16. The van der Waals surface area contributed by atoms with Gasteiger partial charge < -0.3 is 14.2 Å². The summed E-state index contributed by atoms with van der Waals surface area (Å²) in [5.74, 6) is -2.98. The lowest BCUT2D eigenvalue weighted by atomic mass is 9.71. The van der Waals surface area contributed by atoms with E-state index in [0.29, 0.717) is 0 Å². The molecule has 1 spiro atoms. The van der Waals surface area contributed by atoms with Gasteiger partial charge >= 0.3 is 0 Å². The molecule has 2 aliphatic rings. The highest BCUT2D eigenvalue weighted by Gasteiger charge is 2.76. The number of alkyl halides is 2. The van der Waals surface area contributed by atoms with Crippen molar-refractivity contribution in [2.45, 2.75) is 49.4 Å². The molecule has 210 valence electrons. The van der Waals surface area contributed by atoms with E-state index in [0.717, 1.165) is 0 Å². The summed E-state index contributed by atoms with van der Waals surface area (Å²) in [6.07, 6.45) is 2.94. The molecule has 3 aromatic heterocycles. The molecule has 3 aromatic rings. The summed E-state index contributed by atoms with van der Waals surface area (Å²) in [7, 11) is -0.189. The highest BCUT2D eigenvalue weighted by Crippen LogP contribution is 2.74. The molecular weight excluding hydrogens is 562 g/mol. The second-order valence-electron chi connectivity index (χ2n) is 9.49. The summed E-state index contributed by atoms with van der Waals surface area (Å²) >= 11 is 5.86. The van der Waals surface area contributed by atoms with Crippen LogP contribution in [0, 0.1) is 5.41 Å². The third-order valence-electron chi connectivity index (χ3n) is 7.20. The van der Waals surface area contributed by atoms with Gasteiger partial charge in [0.05, 0.1) is 19.2 Å². The number of halogens is 3. The van der Waals surface area contributed by atoms with Crippen molar-refractivity contribution in [2.75, 3.05) is 26.1 Å². The average molecular weight is 587 g/mol. The zero-order valence-electron chi connectivity index (χ0n) is 21.3. The summed E-state index contributed by atoms with van der Waals surface area (Å²) in [4.78, 5) is 16.3. The predicted octanol–water partition coefficient (Wildman–Crippen LogP) is 2.94. The molecule has 39 heavy (non-hydrogen) atoms. The van der Waals surface area contributed by atoms with E-state index in [1.165, 1.54) is 51.5 Å². The zero-order chi connectivity index (χ0) is 28.2. The molecule has 2 atom stereocenters. The highest BCUT2D eigenvalue weighted by atomic mass is 35.5. The van der Waals surface area contributed by atoms with Crippen molar-refractivity contribution in [3.8, 4) is 17.4 Å². The van der Waals surface area contributed by atoms with Gasteiger partial charge in [-0.05, 0) is 19.8 Å². The van der Waals surface area contributed by atoms with Gasteiger partial charge in [-0.25, -0.2) is 27.2 Å². The summed E-state index contributed by atoms with van der Waals surface area (Å²) in [6, 6.07) is 0. The van der Waals surface area contributed by atoms with Crippen molar-refractivity contribution in [1.82, 2.24) is 34.7 Å². The van der Waals surface area contributed by atoms with Crippen LogP contribution < -0.4 is 14.2 Å². The Labute approximate surface area is 227 Å². The van der Waals surface area contributed by atoms with Crippen LogP contribution in [0.25, 0.3) is 5.69 Å². The van der Waals surface area contributed by atoms with Crippen LogP contribution in [-0.2, 0) is 14.8 Å². The maximum atomic E-state index is 13.9. The number of sulfonamides is 1. The topological polar surface area (TPSA) is 156 Å². The number of aromatic nitrogens is 7. The molecule has 0 aliphatic heterocycles. The second-order valence-corrected chi connectivity index (χ2v) is 12.0. The molecule has 0 bridgehead atoms. The summed E-state index contributed by atoms with van der Waals surface area (Å²) in [6.45, 7) is 1.41. The maximum Gasteiger partial charge on any atom is 0.254 e. The van der Waals surface area contributed by atoms with E-state index in [1.54, 1.807) is 0 Å². The summed E-state index contributed by atoms with van der Waals surface area (Å²) in [5, 5.41) is 7.31. The zero-order valence-corrected chi connectivity index (χ0v) is 22.9. The molecule has 5 rings (SSSR count). The van der Waals surface area contributed by atoms with E-state index >= 15 is 0 Å². The summed E-state index contributed by atoms with van der Waals surface area (Å²) in [5.41, 5.74) is -0.950. The Balaban J connectivity index is 1.54. The normalized spacial score (nSPS) is 23.1. The van der Waals surface area contributed by atoms with E-state index in [1.807, 2.05) is 0 Å². The van der Waals surface area contributed by atoms with Gasteiger partial charge in [-0.15, -0.1) is 10.2 Å². The van der Waals surface area contributed by atoms with Crippen LogP contribution in [0.5, 0.6) is 11.8 Å². The number of nitrogens with zero attached hydrogens (tertiary/aromatic N) is 7. The Bertz CT molecular complexity index is 1460. The molecule has 0 unspecified atom stereocenters. The van der Waals surface area contributed by atoms with Crippen molar-refractivity contribution in [3.05, 3.63) is 35.4 Å². The van der Waals surface area contributed by atoms with E-state index < -0.39 is 38.6 Å². The Morgan fingerprint density at radius 2 is 1.67 bits per heavy atom. The number of rotatable bonds is 10. The van der Waals surface area contributed by atoms with Crippen LogP contribution in [0.4, 0.5) is 14.7 Å². The van der Waals surface area contributed by atoms with Gasteiger partial charge in [0.2, 0.25) is 27.7 Å². The molecular formula is C22H25ClF2N8O5S. The van der Waals surface area contributed by atoms with Crippen LogP contribution in [0.2, 0.25) is 5.02 Å². The minimum atomic E-state index is -4.24. The number of anilines is 1. The molecule has 0 radical (unpaired) electrons. The number of nitrogens with one attached hydrogen (secondary N) is 1. The monoisotopic (exact) mass is 586 g/mol. The Hall–Kier alpha value is -3.24. The molecule has 0 amide bonds. The predicted molar refractivity (Wildman–Crippen MR) is 133 cm³/mol. The van der Waals surface area contributed by atoms with E-state index in [9.17, 15) is 17.2 Å². The minimum Gasteiger partial charge on any atom is -0.479 e. The van der Waals surface area contributed by atoms with E-state index in [4.69, 9.17) is 25.8 Å².